The van der Waals surface area contributed by atoms with Crippen LogP contribution in [0.4, 0.5) is 0 Å². The van der Waals surface area contributed by atoms with Crippen LogP contribution in [0.1, 0.15) is 0 Å². The molecule has 0 radical (unpaired) electrons. The van der Waals surface area contributed by atoms with Crippen molar-refractivity contribution in [2.24, 2.45) is 7.05 Å². The maximum absolute atomic E-state index is 3.93. The maximum atomic E-state index is 3.93. The third-order valence-corrected chi connectivity index (χ3v) is 1.52. The molecule has 0 unspecified atom stereocenters. The zero-order valence-corrected chi connectivity index (χ0v) is 5.65. The van der Waals surface area contributed by atoms with Crippen molar-refractivity contribution in [1.82, 2.24) is 15.0 Å². The van der Waals surface area contributed by atoms with E-state index in [1.165, 1.54) is 0 Å². The van der Waals surface area contributed by atoms with Crippen molar-refractivity contribution in [1.29, 1.82) is 0 Å². The molecule has 0 spiro atoms. The van der Waals surface area contributed by atoms with Crippen LogP contribution in [0.15, 0.2) is 24.3 Å². The molecule has 11 heavy (non-hydrogen) atoms. The van der Waals surface area contributed by atoms with E-state index in [1.54, 1.807) is 4.68 Å². The van der Waals surface area contributed by atoms with Crippen LogP contribution in [-0.2, 0) is 7.05 Å². The van der Waals surface area contributed by atoms with Crippen molar-refractivity contribution in [3.8, 4) is 0 Å². The number of para-hydroxylation sites is 1. The average Bonchev–Trinajstić information content (AvgIpc) is 2.34. The Hall–Kier alpha value is 0.256. The summed E-state index contributed by atoms with van der Waals surface area (Å²) in [5, 5.41) is 7.79. The summed E-state index contributed by atoms with van der Waals surface area (Å²) >= 11 is 0. The molecule has 2 rings (SSSR count). The third kappa shape index (κ3) is 1.70. The predicted octanol–water partition coefficient (Wildman–Crippen LogP) is 0.320. The summed E-state index contributed by atoms with van der Waals surface area (Å²) in [6, 6.07) is 7.88. The van der Waals surface area contributed by atoms with E-state index >= 15 is 0 Å². The molecule has 1 aromatic carbocycles. The van der Waals surface area contributed by atoms with Gasteiger partial charge in [0, 0.05) is 7.05 Å². The first-order valence-electron chi connectivity index (χ1n) is 3.12. The Morgan fingerprint density at radius 2 is 2.00 bits per heavy atom. The molecule has 0 fully saturated rings. The normalized spacial score (nSPS) is 9.55. The summed E-state index contributed by atoms with van der Waals surface area (Å²) in [5.41, 5.74) is 2.02. The molecule has 0 bridgehead atoms. The van der Waals surface area contributed by atoms with Crippen LogP contribution in [0, 0.1) is 0 Å². The molecule has 3 nitrogen and oxygen atoms in total. The molecule has 0 amide bonds. The van der Waals surface area contributed by atoms with Gasteiger partial charge in [-0.2, -0.15) is 0 Å². The van der Waals surface area contributed by atoms with Gasteiger partial charge in [-0.3, -0.25) is 0 Å². The van der Waals surface area contributed by atoms with E-state index in [-0.39, 0.29) is 51.4 Å². The fraction of sp³-hybridized carbons (Fsp3) is 0.143. The molecule has 52 valence electrons. The van der Waals surface area contributed by atoms with Crippen LogP contribution in [0.2, 0.25) is 0 Å². The van der Waals surface area contributed by atoms with Crippen molar-refractivity contribution < 1.29 is 0 Å². The molecule has 4 heteroatoms. The number of rotatable bonds is 0. The van der Waals surface area contributed by atoms with Gasteiger partial charge in [0.25, 0.3) is 0 Å². The van der Waals surface area contributed by atoms with Gasteiger partial charge in [-0.15, -0.1) is 5.10 Å². The Morgan fingerprint density at radius 3 is 2.73 bits per heavy atom. The Labute approximate surface area is 107 Å². The van der Waals surface area contributed by atoms with Gasteiger partial charge in [0.15, 0.2) is 0 Å². The monoisotopic (exact) mass is 173 g/mol. The van der Waals surface area contributed by atoms with E-state index in [1.807, 2.05) is 31.3 Å². The van der Waals surface area contributed by atoms with Crippen LogP contribution >= 0.6 is 0 Å². The van der Waals surface area contributed by atoms with Gasteiger partial charge in [-0.25, -0.2) is 4.68 Å². The quantitative estimate of drug-likeness (QED) is 0.537. The standard InChI is InChI=1S/C7H7N3.K.H/c1-10-7-5-3-2-4-6(7)8-9-10;;/h2-5H,1H3;;. The van der Waals surface area contributed by atoms with Crippen LogP contribution in [0.25, 0.3) is 11.0 Å². The first-order chi connectivity index (χ1) is 4.88. The van der Waals surface area contributed by atoms with Crippen molar-refractivity contribution in [2.45, 2.75) is 0 Å². The van der Waals surface area contributed by atoms with Crippen molar-refractivity contribution in [3.63, 3.8) is 0 Å². The average molecular weight is 173 g/mol. The Balaban J connectivity index is 0.000000605. The molecule has 0 N–H and O–H groups in total. The molecular weight excluding hydrogens is 165 g/mol. The van der Waals surface area contributed by atoms with Gasteiger partial charge in [-0.1, -0.05) is 17.3 Å². The minimum atomic E-state index is 0. The number of fused-ring (bicyclic) bond motifs is 1. The van der Waals surface area contributed by atoms with Gasteiger partial charge in [-0.05, 0) is 12.1 Å². The van der Waals surface area contributed by atoms with Crippen molar-refractivity contribution >= 4 is 62.4 Å². The second-order valence-electron chi connectivity index (χ2n) is 2.20. The summed E-state index contributed by atoms with van der Waals surface area (Å²) in [5.74, 6) is 0. The SMILES string of the molecule is Cn1nnc2ccccc21.[KH]. The summed E-state index contributed by atoms with van der Waals surface area (Å²) in [6.07, 6.45) is 0. The Bertz CT molecular complexity index is 355. The molecule has 0 aliphatic carbocycles. The van der Waals surface area contributed by atoms with E-state index in [9.17, 15) is 0 Å². The molecule has 1 aromatic heterocycles. The Kier molecular flexibility index (Phi) is 3.21. The minimum absolute atomic E-state index is 0. The first-order valence-corrected chi connectivity index (χ1v) is 3.12. The van der Waals surface area contributed by atoms with Gasteiger partial charge >= 0.3 is 51.4 Å². The Morgan fingerprint density at radius 1 is 1.27 bits per heavy atom. The van der Waals surface area contributed by atoms with E-state index in [4.69, 9.17) is 0 Å². The van der Waals surface area contributed by atoms with Crippen LogP contribution in [-0.4, -0.2) is 66.4 Å². The van der Waals surface area contributed by atoms with Gasteiger partial charge in [0.1, 0.15) is 5.52 Å². The molecule has 0 saturated carbocycles. The first kappa shape index (κ1) is 9.35. The van der Waals surface area contributed by atoms with Gasteiger partial charge in [0.05, 0.1) is 5.52 Å². The number of benzene rings is 1. The van der Waals surface area contributed by atoms with Crippen LogP contribution < -0.4 is 0 Å². The zero-order valence-electron chi connectivity index (χ0n) is 5.65. The van der Waals surface area contributed by atoms with E-state index < -0.39 is 0 Å². The number of aromatic nitrogens is 3. The summed E-state index contributed by atoms with van der Waals surface area (Å²) in [6.45, 7) is 0. The third-order valence-electron chi connectivity index (χ3n) is 1.52. The molecule has 0 aliphatic heterocycles. The summed E-state index contributed by atoms with van der Waals surface area (Å²) in [7, 11) is 1.88. The van der Waals surface area contributed by atoms with E-state index in [2.05, 4.69) is 10.3 Å². The molecule has 1 heterocycles. The van der Waals surface area contributed by atoms with Crippen LogP contribution in [0.3, 0.4) is 0 Å². The molecule has 2 aromatic rings. The number of nitrogens with zero attached hydrogens (tertiary/aromatic N) is 3. The molecule has 0 atom stereocenters. The van der Waals surface area contributed by atoms with Gasteiger partial charge in [0.2, 0.25) is 0 Å². The van der Waals surface area contributed by atoms with E-state index in [0.29, 0.717) is 0 Å². The topological polar surface area (TPSA) is 30.7 Å². The number of hydrogen-bond acceptors (Lipinski definition) is 2. The van der Waals surface area contributed by atoms with Gasteiger partial charge < -0.3 is 0 Å². The summed E-state index contributed by atoms with van der Waals surface area (Å²) < 4.78 is 1.76. The fourth-order valence-electron chi connectivity index (χ4n) is 0.986. The second-order valence-corrected chi connectivity index (χ2v) is 2.20. The van der Waals surface area contributed by atoms with Crippen molar-refractivity contribution in [2.75, 3.05) is 0 Å². The van der Waals surface area contributed by atoms with E-state index in [0.717, 1.165) is 11.0 Å². The number of aryl methyl sites for hydroxylation is 1. The second kappa shape index (κ2) is 3.78. The number of hydrogen-bond donors (Lipinski definition) is 0. The predicted molar refractivity (Wildman–Crippen MR) is 45.7 cm³/mol. The molecule has 0 saturated heterocycles. The van der Waals surface area contributed by atoms with Crippen LogP contribution in [0.5, 0.6) is 0 Å². The molecular formula is C7H8KN3. The molecule has 0 aliphatic rings. The summed E-state index contributed by atoms with van der Waals surface area (Å²) in [4.78, 5) is 0. The van der Waals surface area contributed by atoms with Crippen molar-refractivity contribution in [3.05, 3.63) is 24.3 Å². The fourth-order valence-corrected chi connectivity index (χ4v) is 0.986. The zero-order chi connectivity index (χ0) is 6.97.